The maximum absolute atomic E-state index is 6.24. The normalized spacial score (nSPS) is 20.8. The summed E-state index contributed by atoms with van der Waals surface area (Å²) < 4.78 is 0. The number of anilines is 1. The van der Waals surface area contributed by atoms with Gasteiger partial charge in [-0.25, -0.2) is 9.97 Å². The molecule has 1 aromatic heterocycles. The van der Waals surface area contributed by atoms with Crippen molar-refractivity contribution in [2.75, 3.05) is 25.5 Å². The fraction of sp³-hybridized carbons (Fsp3) is 0.714. The van der Waals surface area contributed by atoms with Gasteiger partial charge in [0.1, 0.15) is 16.8 Å². The molecule has 5 heteroatoms. The van der Waals surface area contributed by atoms with E-state index in [0.717, 1.165) is 36.7 Å². The molecular formula is C14H23ClN4. The molecule has 0 spiro atoms. The van der Waals surface area contributed by atoms with Crippen LogP contribution >= 0.6 is 11.6 Å². The first-order valence-electron chi connectivity index (χ1n) is 6.77. The van der Waals surface area contributed by atoms with Crippen molar-refractivity contribution in [3.8, 4) is 0 Å². The summed E-state index contributed by atoms with van der Waals surface area (Å²) in [6.45, 7) is 10.4. The number of likely N-dealkylation sites (N-methyl/N-ethyl adjacent to an activating group) is 1. The van der Waals surface area contributed by atoms with Crippen LogP contribution in [0.15, 0.2) is 0 Å². The van der Waals surface area contributed by atoms with Gasteiger partial charge in [-0.3, -0.25) is 0 Å². The van der Waals surface area contributed by atoms with Gasteiger partial charge in [0.05, 0.1) is 0 Å². The molecule has 0 aliphatic carbocycles. The number of aromatic nitrogens is 2. The molecule has 1 aliphatic rings. The molecule has 0 radical (unpaired) electrons. The average molecular weight is 283 g/mol. The van der Waals surface area contributed by atoms with E-state index < -0.39 is 0 Å². The summed E-state index contributed by atoms with van der Waals surface area (Å²) in [5.74, 6) is 1.67. The van der Waals surface area contributed by atoms with E-state index in [2.05, 4.69) is 48.0 Å². The van der Waals surface area contributed by atoms with E-state index in [1.165, 1.54) is 0 Å². The highest BCUT2D eigenvalue weighted by molar-refractivity contribution is 6.30. The molecule has 1 unspecified atom stereocenters. The smallest absolute Gasteiger partial charge is 0.137 e. The summed E-state index contributed by atoms with van der Waals surface area (Å²) in [7, 11) is 2.14. The van der Waals surface area contributed by atoms with E-state index in [9.17, 15) is 0 Å². The molecule has 0 aromatic carbocycles. The highest BCUT2D eigenvalue weighted by Crippen LogP contribution is 2.27. The lowest BCUT2D eigenvalue weighted by molar-refractivity contribution is 0.414. The highest BCUT2D eigenvalue weighted by Gasteiger charge is 2.24. The second-order valence-corrected chi connectivity index (χ2v) is 6.81. The van der Waals surface area contributed by atoms with Crippen LogP contribution in [0.25, 0.3) is 0 Å². The predicted octanol–water partition coefficient (Wildman–Crippen LogP) is 2.85. The monoisotopic (exact) mass is 282 g/mol. The fourth-order valence-electron chi connectivity index (χ4n) is 2.21. The van der Waals surface area contributed by atoms with E-state index in [0.29, 0.717) is 11.2 Å². The van der Waals surface area contributed by atoms with Crippen LogP contribution in [-0.2, 0) is 5.41 Å². The van der Waals surface area contributed by atoms with Crippen molar-refractivity contribution in [3.63, 3.8) is 0 Å². The van der Waals surface area contributed by atoms with Gasteiger partial charge in [0, 0.05) is 23.6 Å². The SMILES string of the molecule is Cc1c(Cl)nc(C(C)(C)C)nc1NC1CCN(C)C1. The summed E-state index contributed by atoms with van der Waals surface area (Å²) in [5.41, 5.74) is 0.837. The Morgan fingerprint density at radius 3 is 2.53 bits per heavy atom. The molecule has 1 aromatic rings. The Kier molecular flexibility index (Phi) is 4.02. The second kappa shape index (κ2) is 5.25. The third kappa shape index (κ3) is 3.37. The van der Waals surface area contributed by atoms with E-state index in [4.69, 9.17) is 11.6 Å². The van der Waals surface area contributed by atoms with Crippen LogP contribution in [0.3, 0.4) is 0 Å². The number of halogens is 1. The molecule has 1 saturated heterocycles. The molecule has 1 atom stereocenters. The minimum Gasteiger partial charge on any atom is -0.366 e. The molecule has 0 bridgehead atoms. The van der Waals surface area contributed by atoms with Crippen molar-refractivity contribution >= 4 is 17.4 Å². The summed E-state index contributed by atoms with van der Waals surface area (Å²) in [6, 6.07) is 0.447. The first kappa shape index (κ1) is 14.5. The largest absolute Gasteiger partial charge is 0.366 e. The molecule has 0 saturated carbocycles. The van der Waals surface area contributed by atoms with E-state index in [-0.39, 0.29) is 5.41 Å². The Hall–Kier alpha value is -0.870. The van der Waals surface area contributed by atoms with Crippen LogP contribution in [0.2, 0.25) is 5.15 Å². The van der Waals surface area contributed by atoms with Crippen molar-refractivity contribution in [1.82, 2.24) is 14.9 Å². The zero-order valence-corrected chi connectivity index (χ0v) is 13.2. The molecule has 106 valence electrons. The molecule has 1 aliphatic heterocycles. The first-order chi connectivity index (χ1) is 8.77. The molecule has 0 amide bonds. The first-order valence-corrected chi connectivity index (χ1v) is 7.15. The number of nitrogens with zero attached hydrogens (tertiary/aromatic N) is 3. The number of rotatable bonds is 2. The van der Waals surface area contributed by atoms with Crippen molar-refractivity contribution in [3.05, 3.63) is 16.5 Å². The van der Waals surface area contributed by atoms with Crippen molar-refractivity contribution < 1.29 is 0 Å². The molecule has 1 fully saturated rings. The van der Waals surface area contributed by atoms with Gasteiger partial charge in [-0.15, -0.1) is 0 Å². The van der Waals surface area contributed by atoms with Crippen LogP contribution < -0.4 is 5.32 Å². The maximum atomic E-state index is 6.24. The number of hydrogen-bond acceptors (Lipinski definition) is 4. The number of nitrogens with one attached hydrogen (secondary N) is 1. The summed E-state index contributed by atoms with van der Waals surface area (Å²) in [5, 5.41) is 4.07. The Labute approximate surface area is 120 Å². The highest BCUT2D eigenvalue weighted by atomic mass is 35.5. The van der Waals surface area contributed by atoms with E-state index in [1.54, 1.807) is 0 Å². The van der Waals surface area contributed by atoms with E-state index >= 15 is 0 Å². The summed E-state index contributed by atoms with van der Waals surface area (Å²) in [6.07, 6.45) is 1.14. The van der Waals surface area contributed by atoms with Gasteiger partial charge in [-0.2, -0.15) is 0 Å². The van der Waals surface area contributed by atoms with Gasteiger partial charge >= 0.3 is 0 Å². The van der Waals surface area contributed by atoms with Crippen LogP contribution in [0, 0.1) is 6.92 Å². The van der Waals surface area contributed by atoms with Gasteiger partial charge in [0.25, 0.3) is 0 Å². The lowest BCUT2D eigenvalue weighted by Crippen LogP contribution is -2.26. The molecule has 2 rings (SSSR count). The lowest BCUT2D eigenvalue weighted by Gasteiger charge is -2.21. The Balaban J connectivity index is 2.26. The second-order valence-electron chi connectivity index (χ2n) is 6.45. The van der Waals surface area contributed by atoms with Crippen molar-refractivity contribution in [2.45, 2.75) is 45.6 Å². The Morgan fingerprint density at radius 2 is 2.00 bits per heavy atom. The molecular weight excluding hydrogens is 260 g/mol. The fourth-order valence-corrected chi connectivity index (χ4v) is 2.38. The predicted molar refractivity (Wildman–Crippen MR) is 80.0 cm³/mol. The third-order valence-corrected chi connectivity index (χ3v) is 3.86. The maximum Gasteiger partial charge on any atom is 0.137 e. The van der Waals surface area contributed by atoms with Crippen molar-refractivity contribution in [2.24, 2.45) is 0 Å². The van der Waals surface area contributed by atoms with Gasteiger partial charge in [-0.05, 0) is 26.9 Å². The summed E-state index contributed by atoms with van der Waals surface area (Å²) in [4.78, 5) is 11.4. The number of hydrogen-bond donors (Lipinski definition) is 1. The quantitative estimate of drug-likeness (QED) is 0.847. The number of likely N-dealkylation sites (tertiary alicyclic amines) is 1. The zero-order chi connectivity index (χ0) is 14.2. The van der Waals surface area contributed by atoms with Gasteiger partial charge in [0.2, 0.25) is 0 Å². The lowest BCUT2D eigenvalue weighted by atomic mass is 9.95. The Morgan fingerprint density at radius 1 is 1.32 bits per heavy atom. The standard InChI is InChI=1S/C14H23ClN4/c1-9-11(15)17-13(14(2,3)4)18-12(9)16-10-6-7-19(5)8-10/h10H,6-8H2,1-5H3,(H,16,17,18). The topological polar surface area (TPSA) is 41.1 Å². The molecule has 4 nitrogen and oxygen atoms in total. The summed E-state index contributed by atoms with van der Waals surface area (Å²) >= 11 is 6.24. The molecule has 1 N–H and O–H groups in total. The van der Waals surface area contributed by atoms with Gasteiger partial charge < -0.3 is 10.2 Å². The van der Waals surface area contributed by atoms with Crippen LogP contribution in [-0.4, -0.2) is 41.0 Å². The average Bonchev–Trinajstić information content (AvgIpc) is 2.69. The zero-order valence-electron chi connectivity index (χ0n) is 12.4. The van der Waals surface area contributed by atoms with Gasteiger partial charge in [-0.1, -0.05) is 32.4 Å². The van der Waals surface area contributed by atoms with Crippen LogP contribution in [0.5, 0.6) is 0 Å². The molecule has 2 heterocycles. The minimum atomic E-state index is -0.0970. The van der Waals surface area contributed by atoms with Crippen LogP contribution in [0.4, 0.5) is 5.82 Å². The minimum absolute atomic E-state index is 0.0970. The third-order valence-electron chi connectivity index (χ3n) is 3.49. The van der Waals surface area contributed by atoms with Gasteiger partial charge in [0.15, 0.2) is 0 Å². The Bertz CT molecular complexity index is 467. The van der Waals surface area contributed by atoms with Crippen LogP contribution in [0.1, 0.15) is 38.6 Å². The molecule has 19 heavy (non-hydrogen) atoms. The van der Waals surface area contributed by atoms with E-state index in [1.807, 2.05) is 6.92 Å². The van der Waals surface area contributed by atoms with Crippen molar-refractivity contribution in [1.29, 1.82) is 0 Å².